The molecule has 0 bridgehead atoms. The number of likely N-dealkylation sites (N-methyl/N-ethyl adjacent to an activating group) is 1. The third-order valence-corrected chi connectivity index (χ3v) is 5.12. The number of fused-ring (bicyclic) bond motifs is 2. The van der Waals surface area contributed by atoms with Crippen molar-refractivity contribution < 1.29 is 14.0 Å². The molecule has 0 fully saturated rings. The number of carbonyl (C=O) groups is 2. The Balaban J connectivity index is 1.45. The molecule has 1 atom stereocenters. The molecule has 0 saturated carbocycles. The Labute approximate surface area is 173 Å². The fourth-order valence-corrected chi connectivity index (χ4v) is 3.29. The average Bonchev–Trinajstić information content (AvgIpc) is 2.98. The normalized spacial score (nSPS) is 16.1. The lowest BCUT2D eigenvalue weighted by atomic mass is 10.1. The number of hydrogen-bond donors (Lipinski definition) is 3. The fourth-order valence-electron chi connectivity index (χ4n) is 3.29. The lowest BCUT2D eigenvalue weighted by molar-refractivity contribution is -0.125. The van der Waals surface area contributed by atoms with Gasteiger partial charge in [-0.15, -0.1) is 0 Å². The second-order valence-electron chi connectivity index (χ2n) is 7.32. The van der Waals surface area contributed by atoms with E-state index in [4.69, 9.17) is 10.2 Å². The maximum absolute atomic E-state index is 12.6. The predicted octanol–water partition coefficient (Wildman–Crippen LogP) is 2.50. The van der Waals surface area contributed by atoms with Crippen molar-refractivity contribution in [2.45, 2.75) is 19.5 Å². The van der Waals surface area contributed by atoms with E-state index in [2.05, 4.69) is 15.6 Å². The molecule has 0 saturated heterocycles. The maximum atomic E-state index is 12.6. The molecule has 0 unspecified atom stereocenters. The fraction of sp³-hybridized carbons (Fsp3) is 0.227. The van der Waals surface area contributed by atoms with Crippen LogP contribution >= 0.6 is 0 Å². The third-order valence-electron chi connectivity index (χ3n) is 5.12. The number of anilines is 2. The second-order valence-corrected chi connectivity index (χ2v) is 7.32. The van der Waals surface area contributed by atoms with E-state index >= 15 is 0 Å². The van der Waals surface area contributed by atoms with Crippen molar-refractivity contribution in [2.75, 3.05) is 24.2 Å². The zero-order valence-electron chi connectivity index (χ0n) is 16.8. The van der Waals surface area contributed by atoms with Gasteiger partial charge in [0.25, 0.3) is 0 Å². The van der Waals surface area contributed by atoms with Crippen molar-refractivity contribution >= 4 is 40.4 Å². The number of nitrogens with zero attached hydrogens (tertiary/aromatic N) is 2. The van der Waals surface area contributed by atoms with Crippen LogP contribution in [0.2, 0.25) is 0 Å². The molecule has 3 aromatic rings. The average molecular weight is 405 g/mol. The minimum absolute atomic E-state index is 0.159. The van der Waals surface area contributed by atoms with Gasteiger partial charge in [0.2, 0.25) is 11.8 Å². The largest absolute Gasteiger partial charge is 0.459 e. The molecule has 0 radical (unpaired) electrons. The monoisotopic (exact) mass is 405 g/mol. The number of hydrogen-bond acceptors (Lipinski definition) is 6. The number of nitrogens with one attached hydrogen (secondary N) is 2. The highest BCUT2D eigenvalue weighted by molar-refractivity contribution is 5.98. The van der Waals surface area contributed by atoms with Crippen molar-refractivity contribution in [2.24, 2.45) is 5.73 Å². The number of nitrogens with two attached hydrogens (primary N) is 1. The number of benzene rings is 1. The topological polar surface area (TPSA) is 113 Å². The molecule has 2 aromatic heterocycles. The highest BCUT2D eigenvalue weighted by Crippen LogP contribution is 2.26. The van der Waals surface area contributed by atoms with Gasteiger partial charge in [-0.05, 0) is 30.7 Å². The first-order valence-electron chi connectivity index (χ1n) is 9.63. The van der Waals surface area contributed by atoms with E-state index in [9.17, 15) is 9.59 Å². The summed E-state index contributed by atoms with van der Waals surface area (Å²) < 4.78 is 5.89. The first-order valence-corrected chi connectivity index (χ1v) is 9.63. The van der Waals surface area contributed by atoms with Crippen LogP contribution in [0, 0.1) is 6.92 Å². The van der Waals surface area contributed by atoms with Crippen molar-refractivity contribution in [3.8, 4) is 0 Å². The number of rotatable bonds is 4. The SMILES string of the molecule is Cc1c(CN(C)C(=O)C=Cc2cnc3c(c2)NC[C@@H](N)C(=O)N3)oc2ccccc12. The van der Waals surface area contributed by atoms with E-state index < -0.39 is 6.04 Å². The van der Waals surface area contributed by atoms with E-state index in [1.54, 1.807) is 24.2 Å². The maximum Gasteiger partial charge on any atom is 0.246 e. The zero-order chi connectivity index (χ0) is 21.3. The Morgan fingerprint density at radius 1 is 1.40 bits per heavy atom. The first kappa shape index (κ1) is 19.7. The summed E-state index contributed by atoms with van der Waals surface area (Å²) in [6.45, 7) is 2.68. The zero-order valence-corrected chi connectivity index (χ0v) is 16.8. The van der Waals surface area contributed by atoms with E-state index in [1.807, 2.05) is 37.3 Å². The van der Waals surface area contributed by atoms with Gasteiger partial charge in [0.1, 0.15) is 17.4 Å². The number of amides is 2. The molecule has 2 amide bonds. The molecule has 8 heteroatoms. The Bertz CT molecular complexity index is 1150. The van der Waals surface area contributed by atoms with Crippen molar-refractivity contribution in [1.82, 2.24) is 9.88 Å². The van der Waals surface area contributed by atoms with Gasteiger partial charge in [-0.3, -0.25) is 9.59 Å². The molecule has 0 aliphatic carbocycles. The number of aryl methyl sites for hydroxylation is 1. The number of aromatic nitrogens is 1. The van der Waals surface area contributed by atoms with E-state index in [-0.39, 0.29) is 11.8 Å². The molecule has 1 aliphatic heterocycles. The van der Waals surface area contributed by atoms with Crippen molar-refractivity contribution in [1.29, 1.82) is 0 Å². The van der Waals surface area contributed by atoms with Crippen LogP contribution in [0.15, 0.2) is 47.0 Å². The lowest BCUT2D eigenvalue weighted by Crippen LogP contribution is -2.39. The van der Waals surface area contributed by atoms with Gasteiger partial charge in [-0.1, -0.05) is 18.2 Å². The molecule has 30 heavy (non-hydrogen) atoms. The Morgan fingerprint density at radius 2 is 2.20 bits per heavy atom. The number of carbonyl (C=O) groups excluding carboxylic acids is 2. The van der Waals surface area contributed by atoms with E-state index in [1.165, 1.54) is 6.08 Å². The highest BCUT2D eigenvalue weighted by atomic mass is 16.3. The third kappa shape index (κ3) is 3.90. The summed E-state index contributed by atoms with van der Waals surface area (Å²) >= 11 is 0. The smallest absolute Gasteiger partial charge is 0.246 e. The van der Waals surface area contributed by atoms with Gasteiger partial charge in [0.05, 0.1) is 12.2 Å². The van der Waals surface area contributed by atoms with Crippen LogP contribution in [0.5, 0.6) is 0 Å². The lowest BCUT2D eigenvalue weighted by Gasteiger charge is -2.14. The van der Waals surface area contributed by atoms with E-state index in [0.717, 1.165) is 27.9 Å². The summed E-state index contributed by atoms with van der Waals surface area (Å²) in [7, 11) is 1.73. The van der Waals surface area contributed by atoms with Gasteiger partial charge in [-0.2, -0.15) is 0 Å². The van der Waals surface area contributed by atoms with Gasteiger partial charge in [0, 0.05) is 36.8 Å². The summed E-state index contributed by atoms with van der Waals surface area (Å²) in [4.78, 5) is 30.2. The summed E-state index contributed by atoms with van der Waals surface area (Å²) in [5, 5.41) is 6.83. The van der Waals surface area contributed by atoms with Crippen LogP contribution < -0.4 is 16.4 Å². The van der Waals surface area contributed by atoms with Crippen LogP contribution in [0.1, 0.15) is 16.9 Å². The molecule has 3 heterocycles. The Hall–Kier alpha value is -3.65. The molecule has 0 spiro atoms. The first-order chi connectivity index (χ1) is 14.4. The van der Waals surface area contributed by atoms with Crippen LogP contribution in [-0.4, -0.2) is 41.3 Å². The van der Waals surface area contributed by atoms with Crippen molar-refractivity contribution in [3.05, 3.63) is 59.5 Å². The van der Waals surface area contributed by atoms with Crippen LogP contribution in [-0.2, 0) is 16.1 Å². The minimum atomic E-state index is -0.643. The molecule has 4 rings (SSSR count). The van der Waals surface area contributed by atoms with Gasteiger partial charge >= 0.3 is 0 Å². The molecule has 1 aromatic carbocycles. The standard InChI is InChI=1S/C22H23N5O3/c1-13-15-5-3-4-6-18(15)30-19(13)12-27(2)20(28)8-7-14-9-17-21(25-10-14)26-22(29)16(23)11-24-17/h3-10,16,24H,11-12,23H2,1-2H3,(H,25,26,29)/t16-/m1/s1. The predicted molar refractivity (Wildman–Crippen MR) is 116 cm³/mol. The summed E-state index contributed by atoms with van der Waals surface area (Å²) in [5.74, 6) is 0.750. The number of pyridine rings is 1. The van der Waals surface area contributed by atoms with Gasteiger partial charge in [-0.25, -0.2) is 4.98 Å². The molecular formula is C22H23N5O3. The summed E-state index contributed by atoms with van der Waals surface area (Å²) in [6.07, 6.45) is 4.76. The quantitative estimate of drug-likeness (QED) is 0.575. The number of furan rings is 1. The number of para-hydroxylation sites is 1. The molecule has 154 valence electrons. The highest BCUT2D eigenvalue weighted by Gasteiger charge is 2.20. The van der Waals surface area contributed by atoms with E-state index in [0.29, 0.717) is 24.6 Å². The van der Waals surface area contributed by atoms with Gasteiger partial charge in [0.15, 0.2) is 5.82 Å². The van der Waals surface area contributed by atoms with Crippen LogP contribution in [0.25, 0.3) is 17.0 Å². The van der Waals surface area contributed by atoms with Gasteiger partial charge < -0.3 is 25.7 Å². The van der Waals surface area contributed by atoms with Crippen molar-refractivity contribution in [3.63, 3.8) is 0 Å². The molecule has 8 nitrogen and oxygen atoms in total. The minimum Gasteiger partial charge on any atom is -0.459 e. The molecule has 1 aliphatic rings. The summed E-state index contributed by atoms with van der Waals surface area (Å²) in [6, 6.07) is 8.99. The molecule has 4 N–H and O–H groups in total. The Morgan fingerprint density at radius 3 is 3.00 bits per heavy atom. The van der Waals surface area contributed by atoms with Crippen LogP contribution in [0.3, 0.4) is 0 Å². The molecular weight excluding hydrogens is 382 g/mol. The Kier molecular flexibility index (Phi) is 5.24. The van der Waals surface area contributed by atoms with Crippen LogP contribution in [0.4, 0.5) is 11.5 Å². The second kappa shape index (κ2) is 8.00. The summed E-state index contributed by atoms with van der Waals surface area (Å²) in [5.41, 5.74) is 9.00.